The highest BCUT2D eigenvalue weighted by Gasteiger charge is 2.23. The summed E-state index contributed by atoms with van der Waals surface area (Å²) in [5.41, 5.74) is 6.67. The number of hydrogen-bond acceptors (Lipinski definition) is 5. The number of thiophene rings is 1. The third-order valence-electron chi connectivity index (χ3n) is 3.82. The van der Waals surface area contributed by atoms with Crippen LogP contribution in [0.15, 0.2) is 18.5 Å². The molecule has 1 fully saturated rings. The number of nitrogens with zero attached hydrogens (tertiary/aromatic N) is 2. The predicted octanol–water partition coefficient (Wildman–Crippen LogP) is 2.52. The molecule has 1 atom stereocenters. The van der Waals surface area contributed by atoms with Gasteiger partial charge in [-0.05, 0) is 25.3 Å². The normalized spacial score (nSPS) is 18.8. The second-order valence-corrected chi connectivity index (χ2v) is 6.44. The van der Waals surface area contributed by atoms with Crippen molar-refractivity contribution < 1.29 is 9.53 Å². The van der Waals surface area contributed by atoms with E-state index in [2.05, 4.69) is 4.98 Å². The molecule has 1 aliphatic rings. The van der Waals surface area contributed by atoms with Crippen molar-refractivity contribution in [2.24, 2.45) is 0 Å². The highest BCUT2D eigenvalue weighted by atomic mass is 32.1. The number of nitrogen functional groups attached to an aromatic ring is 1. The summed E-state index contributed by atoms with van der Waals surface area (Å²) in [5.74, 6) is -0.0390. The Bertz CT molecular complexity index is 649. The van der Waals surface area contributed by atoms with Gasteiger partial charge in [-0.2, -0.15) is 0 Å². The summed E-state index contributed by atoms with van der Waals surface area (Å²) in [5, 5.41) is 0.903. The molecule has 0 spiro atoms. The number of pyridine rings is 1. The van der Waals surface area contributed by atoms with E-state index in [1.165, 1.54) is 17.8 Å². The van der Waals surface area contributed by atoms with Crippen molar-refractivity contribution in [3.63, 3.8) is 0 Å². The van der Waals surface area contributed by atoms with Crippen LogP contribution in [0.3, 0.4) is 0 Å². The Labute approximate surface area is 127 Å². The van der Waals surface area contributed by atoms with E-state index in [1.807, 2.05) is 13.1 Å². The maximum absolute atomic E-state index is 12.6. The summed E-state index contributed by atoms with van der Waals surface area (Å²) in [6.07, 6.45) is 6.89. The van der Waals surface area contributed by atoms with Gasteiger partial charge in [0.1, 0.15) is 4.88 Å². The molecular formula is C15H19N3O2S. The van der Waals surface area contributed by atoms with Gasteiger partial charge in [0.2, 0.25) is 0 Å². The van der Waals surface area contributed by atoms with Crippen molar-refractivity contribution in [3.8, 4) is 0 Å². The van der Waals surface area contributed by atoms with Crippen LogP contribution in [0.25, 0.3) is 10.1 Å². The smallest absolute Gasteiger partial charge is 0.265 e. The highest BCUT2D eigenvalue weighted by Crippen LogP contribution is 2.33. The van der Waals surface area contributed by atoms with Gasteiger partial charge in [-0.15, -0.1) is 11.3 Å². The zero-order chi connectivity index (χ0) is 14.8. The third-order valence-corrected chi connectivity index (χ3v) is 4.97. The van der Waals surface area contributed by atoms with E-state index >= 15 is 0 Å². The molecule has 112 valence electrons. The van der Waals surface area contributed by atoms with Gasteiger partial charge in [-0.1, -0.05) is 0 Å². The molecule has 2 aromatic rings. The van der Waals surface area contributed by atoms with E-state index in [9.17, 15) is 4.79 Å². The van der Waals surface area contributed by atoms with Gasteiger partial charge in [0.05, 0.1) is 16.5 Å². The fourth-order valence-corrected chi connectivity index (χ4v) is 3.73. The lowest BCUT2D eigenvalue weighted by atomic mass is 10.1. The average Bonchev–Trinajstić information content (AvgIpc) is 2.85. The minimum Gasteiger partial charge on any atom is -0.397 e. The minimum atomic E-state index is -0.0390. The van der Waals surface area contributed by atoms with Crippen LogP contribution in [0, 0.1) is 0 Å². The second kappa shape index (κ2) is 5.99. The van der Waals surface area contributed by atoms with E-state index in [-0.39, 0.29) is 12.0 Å². The first-order valence-corrected chi connectivity index (χ1v) is 7.97. The maximum atomic E-state index is 12.6. The number of anilines is 1. The fraction of sp³-hybridized carbons (Fsp3) is 0.467. The van der Waals surface area contributed by atoms with Crippen LogP contribution in [0.5, 0.6) is 0 Å². The Morgan fingerprint density at radius 1 is 1.57 bits per heavy atom. The summed E-state index contributed by atoms with van der Waals surface area (Å²) in [7, 11) is 1.81. The third kappa shape index (κ3) is 2.87. The fourth-order valence-electron chi connectivity index (χ4n) is 2.64. The molecule has 0 aromatic carbocycles. The minimum absolute atomic E-state index is 0.0390. The molecule has 3 heterocycles. The monoisotopic (exact) mass is 305 g/mol. The van der Waals surface area contributed by atoms with Gasteiger partial charge in [-0.25, -0.2) is 0 Å². The van der Waals surface area contributed by atoms with Crippen molar-refractivity contribution in [1.82, 2.24) is 9.88 Å². The predicted molar refractivity (Wildman–Crippen MR) is 84.6 cm³/mol. The van der Waals surface area contributed by atoms with Gasteiger partial charge in [0, 0.05) is 38.0 Å². The summed E-state index contributed by atoms with van der Waals surface area (Å²) in [6, 6.07) is 1.85. The SMILES string of the molecule is CN(CC1CCCCO1)C(=O)c1sc2cnccc2c1N. The van der Waals surface area contributed by atoms with Crippen molar-refractivity contribution >= 4 is 33.0 Å². The lowest BCUT2D eigenvalue weighted by Gasteiger charge is -2.27. The number of hydrogen-bond donors (Lipinski definition) is 1. The Morgan fingerprint density at radius 2 is 2.43 bits per heavy atom. The largest absolute Gasteiger partial charge is 0.397 e. The van der Waals surface area contributed by atoms with Crippen LogP contribution in [0.2, 0.25) is 0 Å². The maximum Gasteiger partial charge on any atom is 0.265 e. The molecule has 1 unspecified atom stereocenters. The van der Waals surface area contributed by atoms with E-state index in [0.717, 1.165) is 29.5 Å². The Balaban J connectivity index is 1.77. The highest BCUT2D eigenvalue weighted by molar-refractivity contribution is 7.21. The topological polar surface area (TPSA) is 68.5 Å². The van der Waals surface area contributed by atoms with Crippen LogP contribution >= 0.6 is 11.3 Å². The zero-order valence-corrected chi connectivity index (χ0v) is 12.9. The lowest BCUT2D eigenvalue weighted by molar-refractivity contribution is -0.0000829. The molecule has 1 aliphatic heterocycles. The van der Waals surface area contributed by atoms with Crippen molar-refractivity contribution in [3.05, 3.63) is 23.3 Å². The zero-order valence-electron chi connectivity index (χ0n) is 12.0. The molecule has 6 heteroatoms. The standard InChI is InChI=1S/C15H19N3O2S/c1-18(9-10-4-2-3-7-20-10)15(19)14-13(16)11-5-6-17-8-12(11)21-14/h5-6,8,10H,2-4,7,9,16H2,1H3. The molecule has 1 amide bonds. The van der Waals surface area contributed by atoms with Crippen LogP contribution in [0.4, 0.5) is 5.69 Å². The molecule has 3 rings (SSSR count). The molecule has 21 heavy (non-hydrogen) atoms. The molecule has 5 nitrogen and oxygen atoms in total. The number of likely N-dealkylation sites (N-methyl/N-ethyl adjacent to an activating group) is 1. The number of amides is 1. The first-order valence-electron chi connectivity index (χ1n) is 7.16. The van der Waals surface area contributed by atoms with Crippen LogP contribution < -0.4 is 5.73 Å². The lowest BCUT2D eigenvalue weighted by Crippen LogP contribution is -2.37. The Hall–Kier alpha value is -1.66. The first-order chi connectivity index (χ1) is 10.2. The van der Waals surface area contributed by atoms with Crippen molar-refractivity contribution in [1.29, 1.82) is 0 Å². The molecule has 2 aromatic heterocycles. The van der Waals surface area contributed by atoms with Crippen LogP contribution in [-0.2, 0) is 4.74 Å². The summed E-state index contributed by atoms with van der Waals surface area (Å²) < 4.78 is 6.64. The molecule has 0 aliphatic carbocycles. The number of nitrogens with two attached hydrogens (primary N) is 1. The number of rotatable bonds is 3. The number of carbonyl (C=O) groups is 1. The number of ether oxygens (including phenoxy) is 1. The first kappa shape index (κ1) is 14.3. The van der Waals surface area contributed by atoms with Gasteiger partial charge < -0.3 is 15.4 Å². The summed E-state index contributed by atoms with van der Waals surface area (Å²) in [4.78, 5) is 19.0. The molecular weight excluding hydrogens is 286 g/mol. The van der Waals surface area contributed by atoms with Crippen LogP contribution in [-0.4, -0.2) is 42.1 Å². The quantitative estimate of drug-likeness (QED) is 0.946. The number of fused-ring (bicyclic) bond motifs is 1. The Kier molecular flexibility index (Phi) is 4.07. The summed E-state index contributed by atoms with van der Waals surface area (Å²) in [6.45, 7) is 1.41. The summed E-state index contributed by atoms with van der Waals surface area (Å²) >= 11 is 1.40. The van der Waals surface area contributed by atoms with E-state index in [4.69, 9.17) is 10.5 Å². The second-order valence-electron chi connectivity index (χ2n) is 5.39. The molecule has 0 bridgehead atoms. The Morgan fingerprint density at radius 3 is 3.14 bits per heavy atom. The van der Waals surface area contributed by atoms with Gasteiger partial charge in [0.25, 0.3) is 5.91 Å². The van der Waals surface area contributed by atoms with Gasteiger partial charge in [-0.3, -0.25) is 9.78 Å². The molecule has 0 radical (unpaired) electrons. The van der Waals surface area contributed by atoms with Crippen LogP contribution in [0.1, 0.15) is 28.9 Å². The van der Waals surface area contributed by atoms with E-state index < -0.39 is 0 Å². The molecule has 1 saturated heterocycles. The van der Waals surface area contributed by atoms with Crippen molar-refractivity contribution in [2.75, 3.05) is 25.9 Å². The van der Waals surface area contributed by atoms with Gasteiger partial charge in [0.15, 0.2) is 0 Å². The number of aromatic nitrogens is 1. The molecule has 2 N–H and O–H groups in total. The van der Waals surface area contributed by atoms with Crippen molar-refractivity contribution in [2.45, 2.75) is 25.4 Å². The number of carbonyl (C=O) groups excluding carboxylic acids is 1. The van der Waals surface area contributed by atoms with Gasteiger partial charge >= 0.3 is 0 Å². The van der Waals surface area contributed by atoms with E-state index in [1.54, 1.807) is 17.3 Å². The average molecular weight is 305 g/mol. The molecule has 0 saturated carbocycles. The van der Waals surface area contributed by atoms with E-state index in [0.29, 0.717) is 17.1 Å².